The van der Waals surface area contributed by atoms with E-state index in [1.165, 1.54) is 0 Å². The molecular weight excluding hydrogens is 126 g/mol. The predicted octanol–water partition coefficient (Wildman–Crippen LogP) is 1.72. The maximum absolute atomic E-state index is 8.81. The zero-order valence-electron chi connectivity index (χ0n) is 6.55. The van der Waals surface area contributed by atoms with Crippen LogP contribution in [0, 0.1) is 17.2 Å². The van der Waals surface area contributed by atoms with Crippen molar-refractivity contribution in [3.63, 3.8) is 0 Å². The Labute approximate surface area is 61.8 Å². The standard InChI is InChI=1S/C8H13NO/c1-3-8(6-9,10-2)7-4-5-7/h7H,3-5H2,1-2H3. The number of hydrogen-bond acceptors (Lipinski definition) is 2. The van der Waals surface area contributed by atoms with Gasteiger partial charge < -0.3 is 4.74 Å². The minimum atomic E-state index is -0.458. The molecule has 0 saturated heterocycles. The molecule has 10 heavy (non-hydrogen) atoms. The molecule has 0 heterocycles. The Kier molecular flexibility index (Phi) is 1.96. The lowest BCUT2D eigenvalue weighted by Crippen LogP contribution is -2.30. The molecule has 1 aliphatic carbocycles. The summed E-state index contributed by atoms with van der Waals surface area (Å²) < 4.78 is 5.20. The second kappa shape index (κ2) is 2.59. The molecule has 0 aliphatic heterocycles. The van der Waals surface area contributed by atoms with Crippen LogP contribution < -0.4 is 0 Å². The highest BCUT2D eigenvalue weighted by molar-refractivity contribution is 5.09. The quantitative estimate of drug-likeness (QED) is 0.596. The first kappa shape index (κ1) is 7.56. The van der Waals surface area contributed by atoms with Crippen molar-refractivity contribution in [2.24, 2.45) is 5.92 Å². The van der Waals surface area contributed by atoms with Crippen LogP contribution in [0.25, 0.3) is 0 Å². The molecule has 0 aromatic rings. The molecule has 2 nitrogen and oxygen atoms in total. The highest BCUT2D eigenvalue weighted by atomic mass is 16.5. The zero-order chi connectivity index (χ0) is 7.61. The summed E-state index contributed by atoms with van der Waals surface area (Å²) in [6.07, 6.45) is 3.13. The van der Waals surface area contributed by atoms with E-state index < -0.39 is 5.60 Å². The van der Waals surface area contributed by atoms with E-state index in [2.05, 4.69) is 6.07 Å². The topological polar surface area (TPSA) is 33.0 Å². The summed E-state index contributed by atoms with van der Waals surface area (Å²) in [4.78, 5) is 0. The van der Waals surface area contributed by atoms with Crippen LogP contribution in [0.3, 0.4) is 0 Å². The van der Waals surface area contributed by atoms with Gasteiger partial charge >= 0.3 is 0 Å². The Bertz CT molecular complexity index is 151. The monoisotopic (exact) mass is 139 g/mol. The van der Waals surface area contributed by atoms with Gasteiger partial charge in [0, 0.05) is 13.0 Å². The van der Waals surface area contributed by atoms with Gasteiger partial charge in [0.05, 0.1) is 6.07 Å². The maximum Gasteiger partial charge on any atom is 0.156 e. The van der Waals surface area contributed by atoms with Gasteiger partial charge in [-0.3, -0.25) is 0 Å². The molecule has 1 saturated carbocycles. The summed E-state index contributed by atoms with van der Waals surface area (Å²) in [5.74, 6) is 0.507. The Morgan fingerprint density at radius 3 is 2.40 bits per heavy atom. The van der Waals surface area contributed by atoms with E-state index in [-0.39, 0.29) is 0 Å². The molecule has 0 aromatic heterocycles. The largest absolute Gasteiger partial charge is 0.363 e. The lowest BCUT2D eigenvalue weighted by Gasteiger charge is -2.22. The molecule has 1 atom stereocenters. The fraction of sp³-hybridized carbons (Fsp3) is 0.875. The van der Waals surface area contributed by atoms with Crippen molar-refractivity contribution >= 4 is 0 Å². The van der Waals surface area contributed by atoms with Gasteiger partial charge in [-0.05, 0) is 19.3 Å². The third-order valence-corrected chi connectivity index (χ3v) is 2.32. The molecule has 0 amide bonds. The average Bonchev–Trinajstić information content (AvgIpc) is 2.77. The van der Waals surface area contributed by atoms with Gasteiger partial charge in [-0.25, -0.2) is 0 Å². The van der Waals surface area contributed by atoms with Gasteiger partial charge in [-0.15, -0.1) is 0 Å². The minimum Gasteiger partial charge on any atom is -0.363 e. The number of nitrogens with zero attached hydrogens (tertiary/aromatic N) is 1. The summed E-state index contributed by atoms with van der Waals surface area (Å²) in [6, 6.07) is 2.25. The third kappa shape index (κ3) is 1.02. The average molecular weight is 139 g/mol. The van der Waals surface area contributed by atoms with Crippen molar-refractivity contribution in [2.75, 3.05) is 7.11 Å². The van der Waals surface area contributed by atoms with Gasteiger partial charge in [-0.2, -0.15) is 5.26 Å². The Morgan fingerprint density at radius 1 is 1.70 bits per heavy atom. The summed E-state index contributed by atoms with van der Waals surface area (Å²) in [5.41, 5.74) is -0.458. The van der Waals surface area contributed by atoms with E-state index in [1.807, 2.05) is 6.92 Å². The predicted molar refractivity (Wildman–Crippen MR) is 38.4 cm³/mol. The first-order chi connectivity index (χ1) is 4.79. The molecule has 56 valence electrons. The smallest absolute Gasteiger partial charge is 0.156 e. The van der Waals surface area contributed by atoms with E-state index in [1.54, 1.807) is 7.11 Å². The summed E-state index contributed by atoms with van der Waals surface area (Å²) in [6.45, 7) is 2.00. The lowest BCUT2D eigenvalue weighted by atomic mass is 9.96. The minimum absolute atomic E-state index is 0.458. The molecule has 1 fully saturated rings. The Balaban J connectivity index is 2.63. The SMILES string of the molecule is CCC(C#N)(OC)C1CC1. The second-order valence-corrected chi connectivity index (χ2v) is 2.83. The van der Waals surface area contributed by atoms with Crippen molar-refractivity contribution in [2.45, 2.75) is 31.8 Å². The van der Waals surface area contributed by atoms with Gasteiger partial charge in [-0.1, -0.05) is 6.92 Å². The molecule has 1 rings (SSSR count). The van der Waals surface area contributed by atoms with Gasteiger partial charge in [0.15, 0.2) is 5.60 Å². The van der Waals surface area contributed by atoms with Crippen LogP contribution in [-0.4, -0.2) is 12.7 Å². The lowest BCUT2D eigenvalue weighted by molar-refractivity contribution is 0.0169. The number of methoxy groups -OCH3 is 1. The number of rotatable bonds is 3. The van der Waals surface area contributed by atoms with Crippen LogP contribution in [-0.2, 0) is 4.74 Å². The number of hydrogen-bond donors (Lipinski definition) is 0. The van der Waals surface area contributed by atoms with Crippen LogP contribution in [0.1, 0.15) is 26.2 Å². The molecule has 0 radical (unpaired) electrons. The Hall–Kier alpha value is -0.550. The van der Waals surface area contributed by atoms with E-state index in [0.29, 0.717) is 5.92 Å². The fourth-order valence-corrected chi connectivity index (χ4v) is 1.37. The molecule has 1 unspecified atom stereocenters. The van der Waals surface area contributed by atoms with E-state index in [4.69, 9.17) is 10.00 Å². The van der Waals surface area contributed by atoms with E-state index in [0.717, 1.165) is 19.3 Å². The van der Waals surface area contributed by atoms with Gasteiger partial charge in [0.25, 0.3) is 0 Å². The molecular formula is C8H13NO. The maximum atomic E-state index is 8.81. The highest BCUT2D eigenvalue weighted by Crippen LogP contribution is 2.43. The molecule has 0 spiro atoms. The normalized spacial score (nSPS) is 23.3. The molecule has 1 aliphatic rings. The number of ether oxygens (including phenoxy) is 1. The molecule has 0 N–H and O–H groups in total. The summed E-state index contributed by atoms with van der Waals surface area (Å²) >= 11 is 0. The van der Waals surface area contributed by atoms with E-state index in [9.17, 15) is 0 Å². The van der Waals surface area contributed by atoms with Crippen LogP contribution in [0.4, 0.5) is 0 Å². The van der Waals surface area contributed by atoms with Crippen LogP contribution >= 0.6 is 0 Å². The van der Waals surface area contributed by atoms with Gasteiger partial charge in [0.1, 0.15) is 0 Å². The van der Waals surface area contributed by atoms with Crippen LogP contribution in [0.15, 0.2) is 0 Å². The summed E-state index contributed by atoms with van der Waals surface area (Å²) in [7, 11) is 1.63. The van der Waals surface area contributed by atoms with Crippen LogP contribution in [0.2, 0.25) is 0 Å². The zero-order valence-corrected chi connectivity index (χ0v) is 6.55. The van der Waals surface area contributed by atoms with Crippen molar-refractivity contribution in [3.8, 4) is 6.07 Å². The van der Waals surface area contributed by atoms with Crippen molar-refractivity contribution in [1.82, 2.24) is 0 Å². The first-order valence-electron chi connectivity index (χ1n) is 3.75. The van der Waals surface area contributed by atoms with Crippen molar-refractivity contribution in [3.05, 3.63) is 0 Å². The molecule has 0 bridgehead atoms. The first-order valence-corrected chi connectivity index (χ1v) is 3.75. The summed E-state index contributed by atoms with van der Waals surface area (Å²) in [5, 5.41) is 8.81. The number of nitriles is 1. The molecule has 0 aromatic carbocycles. The van der Waals surface area contributed by atoms with Crippen LogP contribution in [0.5, 0.6) is 0 Å². The van der Waals surface area contributed by atoms with Crippen molar-refractivity contribution < 1.29 is 4.74 Å². The fourth-order valence-electron chi connectivity index (χ4n) is 1.37. The highest BCUT2D eigenvalue weighted by Gasteiger charge is 2.44. The third-order valence-electron chi connectivity index (χ3n) is 2.32. The Morgan fingerprint density at radius 2 is 2.30 bits per heavy atom. The van der Waals surface area contributed by atoms with E-state index >= 15 is 0 Å². The second-order valence-electron chi connectivity index (χ2n) is 2.83. The molecule has 2 heteroatoms. The van der Waals surface area contributed by atoms with Gasteiger partial charge in [0.2, 0.25) is 0 Å². The van der Waals surface area contributed by atoms with Crippen molar-refractivity contribution in [1.29, 1.82) is 5.26 Å².